The maximum Gasteiger partial charge on any atom is 0.511 e. The Morgan fingerprint density at radius 1 is 1.22 bits per heavy atom. The van der Waals surface area contributed by atoms with Gasteiger partial charge in [-0.05, 0) is 37.4 Å². The van der Waals surface area contributed by atoms with Crippen molar-refractivity contribution in [2.24, 2.45) is 5.73 Å². The highest BCUT2D eigenvalue weighted by atomic mass is 32.1. The number of hydrogen-bond acceptors (Lipinski definition) is 10. The number of benzene rings is 1. The Morgan fingerprint density at radius 2 is 1.91 bits per heavy atom. The van der Waals surface area contributed by atoms with Gasteiger partial charge in [-0.15, -0.1) is 11.3 Å². The van der Waals surface area contributed by atoms with Crippen molar-refractivity contribution in [2.75, 3.05) is 27.3 Å². The van der Waals surface area contributed by atoms with Crippen LogP contribution in [0, 0.1) is 0 Å². The van der Waals surface area contributed by atoms with Gasteiger partial charge in [0.1, 0.15) is 5.60 Å². The lowest BCUT2D eigenvalue weighted by atomic mass is 10.1. The number of carbonyl (C=O) groups excluding carboxylic acids is 2. The molecule has 0 spiro atoms. The Balaban J connectivity index is 2.19. The van der Waals surface area contributed by atoms with Crippen molar-refractivity contribution in [1.29, 1.82) is 0 Å². The number of hydrogen-bond donors (Lipinski definition) is 2. The lowest BCUT2D eigenvalue weighted by Gasteiger charge is -2.26. The Kier molecular flexibility index (Phi) is 8.32. The zero-order valence-electron chi connectivity index (χ0n) is 17.3. The highest BCUT2D eigenvalue weighted by Gasteiger charge is 2.55. The predicted molar refractivity (Wildman–Crippen MR) is 109 cm³/mol. The molecule has 0 aliphatic rings. The molecule has 0 radical (unpaired) electrons. The largest absolute Gasteiger partial charge is 0.511 e. The van der Waals surface area contributed by atoms with Crippen LogP contribution in [0.3, 0.4) is 0 Å². The number of amides is 1. The Hall–Kier alpha value is -2.15. The maximum absolute atomic E-state index is 15.1. The van der Waals surface area contributed by atoms with Gasteiger partial charge < -0.3 is 25.1 Å². The molecular formula is C18H22F2NO9PS. The van der Waals surface area contributed by atoms with Crippen LogP contribution in [0.1, 0.15) is 29.1 Å². The first-order valence-electron chi connectivity index (χ1n) is 8.91. The van der Waals surface area contributed by atoms with Crippen LogP contribution in [-0.4, -0.2) is 50.1 Å². The molecule has 1 amide bonds. The summed E-state index contributed by atoms with van der Waals surface area (Å²) in [6.07, 6.45) is -1.29. The highest BCUT2D eigenvalue weighted by molar-refractivity contribution is 7.54. The quantitative estimate of drug-likeness (QED) is 0.269. The molecule has 0 bridgehead atoms. The Labute approximate surface area is 185 Å². The van der Waals surface area contributed by atoms with E-state index in [1.54, 1.807) is 0 Å². The van der Waals surface area contributed by atoms with E-state index < -0.39 is 50.1 Å². The number of aliphatic hydroxyl groups excluding tert-OH is 1. The molecule has 14 heteroatoms. The van der Waals surface area contributed by atoms with E-state index in [9.17, 15) is 14.2 Å². The fourth-order valence-corrected chi connectivity index (χ4v) is 4.65. The fourth-order valence-electron chi connectivity index (χ4n) is 2.56. The van der Waals surface area contributed by atoms with Crippen LogP contribution in [0.5, 0.6) is 0 Å². The fraction of sp³-hybridized carbons (Fsp3) is 0.444. The second-order valence-corrected chi connectivity index (χ2v) is 10.1. The number of thiophene rings is 1. The van der Waals surface area contributed by atoms with Gasteiger partial charge in [0.05, 0.1) is 11.5 Å². The number of primary amides is 1. The maximum atomic E-state index is 15.1. The number of fused-ring (bicyclic) bond motifs is 1. The predicted octanol–water partition coefficient (Wildman–Crippen LogP) is 3.76. The van der Waals surface area contributed by atoms with E-state index in [1.165, 1.54) is 33.1 Å². The standard InChI is InChI=1S/C18H22F2NO9PS/c1-17(2,8-26-3)30-16(24)27-10-29-31(25,28-9-22)18(19,20)12-4-5-13-11(6-12)7-14(32-13)15(21)23/h4-7,22H,8-10H2,1-3H3,(H2,21,23). The molecule has 0 aliphatic carbocycles. The van der Waals surface area contributed by atoms with Crippen molar-refractivity contribution in [3.63, 3.8) is 0 Å². The van der Waals surface area contributed by atoms with Crippen molar-refractivity contribution in [3.8, 4) is 0 Å². The summed E-state index contributed by atoms with van der Waals surface area (Å²) in [5, 5.41) is 9.21. The summed E-state index contributed by atoms with van der Waals surface area (Å²) in [7, 11) is -4.00. The molecule has 0 aliphatic heterocycles. The normalized spacial score (nSPS) is 14.2. The molecule has 1 aromatic heterocycles. The van der Waals surface area contributed by atoms with E-state index >= 15 is 8.78 Å². The van der Waals surface area contributed by atoms with Crippen LogP contribution in [0.15, 0.2) is 24.3 Å². The van der Waals surface area contributed by atoms with Crippen molar-refractivity contribution >= 4 is 41.1 Å². The summed E-state index contributed by atoms with van der Waals surface area (Å²) in [4.78, 5) is 23.2. The van der Waals surface area contributed by atoms with Gasteiger partial charge in [0.25, 0.3) is 5.91 Å². The molecule has 32 heavy (non-hydrogen) atoms. The van der Waals surface area contributed by atoms with Crippen LogP contribution in [0.4, 0.5) is 13.6 Å². The second-order valence-electron chi connectivity index (χ2n) is 6.96. The summed E-state index contributed by atoms with van der Waals surface area (Å²) in [5.41, 5.74) is -0.913. The van der Waals surface area contributed by atoms with Gasteiger partial charge in [-0.1, -0.05) is 6.07 Å². The van der Waals surface area contributed by atoms with E-state index in [-0.39, 0.29) is 16.9 Å². The molecule has 10 nitrogen and oxygen atoms in total. The Bertz CT molecular complexity index is 1030. The van der Waals surface area contributed by atoms with E-state index in [0.29, 0.717) is 4.70 Å². The summed E-state index contributed by atoms with van der Waals surface area (Å²) in [6, 6.07) is 4.53. The van der Waals surface area contributed by atoms with E-state index in [0.717, 1.165) is 23.5 Å². The molecule has 1 atom stereocenters. The van der Waals surface area contributed by atoms with Crippen LogP contribution in [0.2, 0.25) is 0 Å². The first kappa shape index (κ1) is 26.1. The van der Waals surface area contributed by atoms with Crippen LogP contribution >= 0.6 is 18.9 Å². The number of carbonyl (C=O) groups is 2. The summed E-state index contributed by atoms with van der Waals surface area (Å²) < 4.78 is 66.7. The van der Waals surface area contributed by atoms with Crippen molar-refractivity contribution in [3.05, 3.63) is 34.7 Å². The van der Waals surface area contributed by atoms with E-state index in [1.807, 2.05) is 0 Å². The molecule has 0 saturated carbocycles. The topological polar surface area (TPSA) is 144 Å². The Morgan fingerprint density at radius 3 is 2.50 bits per heavy atom. The monoisotopic (exact) mass is 497 g/mol. The third-order valence-corrected chi connectivity index (χ3v) is 6.91. The van der Waals surface area contributed by atoms with Crippen LogP contribution in [-0.2, 0) is 33.5 Å². The highest BCUT2D eigenvalue weighted by Crippen LogP contribution is 2.66. The van der Waals surface area contributed by atoms with Crippen molar-refractivity contribution < 1.29 is 51.3 Å². The van der Waals surface area contributed by atoms with Crippen molar-refractivity contribution in [2.45, 2.75) is 25.1 Å². The molecule has 178 valence electrons. The van der Waals surface area contributed by atoms with Gasteiger partial charge >= 0.3 is 19.4 Å². The van der Waals surface area contributed by atoms with Gasteiger partial charge in [-0.25, -0.2) is 4.79 Å². The van der Waals surface area contributed by atoms with E-state index in [4.69, 9.17) is 20.3 Å². The smallest absolute Gasteiger partial charge is 0.426 e. The molecule has 2 aromatic rings. The van der Waals surface area contributed by atoms with Gasteiger partial charge in [0.15, 0.2) is 6.79 Å². The van der Waals surface area contributed by atoms with Gasteiger partial charge in [0, 0.05) is 17.4 Å². The van der Waals surface area contributed by atoms with E-state index in [2.05, 4.69) is 13.8 Å². The zero-order chi connectivity index (χ0) is 24.2. The number of halogens is 2. The van der Waals surface area contributed by atoms with Crippen LogP contribution < -0.4 is 5.73 Å². The molecule has 2 rings (SSSR count). The number of ether oxygens (including phenoxy) is 3. The molecule has 1 unspecified atom stereocenters. The lowest BCUT2D eigenvalue weighted by Crippen LogP contribution is -2.33. The molecule has 1 heterocycles. The summed E-state index contributed by atoms with van der Waals surface area (Å²) in [6.45, 7) is 0.481. The zero-order valence-corrected chi connectivity index (χ0v) is 19.0. The number of aliphatic hydroxyl groups is 1. The molecule has 0 fully saturated rings. The summed E-state index contributed by atoms with van der Waals surface area (Å²) >= 11 is 0.996. The molecule has 1 aromatic carbocycles. The minimum absolute atomic E-state index is 0.0235. The number of rotatable bonds is 11. The third-order valence-electron chi connectivity index (χ3n) is 3.93. The summed E-state index contributed by atoms with van der Waals surface area (Å²) in [5.74, 6) is -0.727. The minimum atomic E-state index is -5.38. The SMILES string of the molecule is COCC(C)(C)OC(=O)OCOP(=O)(OCO)C(F)(F)c1ccc2sc(C(N)=O)cc2c1. The molecule has 0 saturated heterocycles. The first-order valence-corrected chi connectivity index (χ1v) is 11.3. The number of nitrogens with two attached hydrogens (primary N) is 1. The van der Waals surface area contributed by atoms with Gasteiger partial charge in [0.2, 0.25) is 6.79 Å². The molecular weight excluding hydrogens is 475 g/mol. The first-order chi connectivity index (χ1) is 14.8. The van der Waals surface area contributed by atoms with Crippen molar-refractivity contribution in [1.82, 2.24) is 0 Å². The number of methoxy groups -OCH3 is 1. The van der Waals surface area contributed by atoms with Gasteiger partial charge in [-0.3, -0.25) is 18.4 Å². The number of alkyl halides is 2. The minimum Gasteiger partial charge on any atom is -0.426 e. The third kappa shape index (κ3) is 6.00. The average Bonchev–Trinajstić information content (AvgIpc) is 3.11. The second kappa shape index (κ2) is 10.2. The van der Waals surface area contributed by atoms with Gasteiger partial charge in [-0.2, -0.15) is 8.78 Å². The van der Waals surface area contributed by atoms with Crippen LogP contribution in [0.25, 0.3) is 10.1 Å². The molecule has 3 N–H and O–H groups in total. The average molecular weight is 497 g/mol. The lowest BCUT2D eigenvalue weighted by molar-refractivity contribution is -0.0763.